The number of nitrogens with zero attached hydrogens (tertiary/aromatic N) is 3. The molecule has 4 rings (SSSR count). The van der Waals surface area contributed by atoms with Gasteiger partial charge in [-0.05, 0) is 36.0 Å². The molecule has 0 saturated carbocycles. The topological polar surface area (TPSA) is 50.2 Å². The third kappa shape index (κ3) is 1.80. The van der Waals surface area contributed by atoms with Crippen LogP contribution in [0.15, 0.2) is 41.9 Å². The van der Waals surface area contributed by atoms with Crippen LogP contribution in [-0.4, -0.2) is 28.4 Å². The Bertz CT molecular complexity index is 655. The first-order valence-corrected chi connectivity index (χ1v) is 6.99. The first-order valence-electron chi connectivity index (χ1n) is 6.99. The zero-order chi connectivity index (χ0) is 13.4. The van der Waals surface area contributed by atoms with Crippen LogP contribution in [0.25, 0.3) is 11.1 Å². The fraction of sp³-hybridized carbons (Fsp3) is 0.312. The summed E-state index contributed by atoms with van der Waals surface area (Å²) >= 11 is 0. The fourth-order valence-electron chi connectivity index (χ4n) is 3.33. The zero-order valence-electron chi connectivity index (χ0n) is 11.2. The minimum absolute atomic E-state index is 0.152. The highest BCUT2D eigenvalue weighted by atomic mass is 15.1. The number of hydrogen-bond donors (Lipinski definition) is 1. The number of hydrogen-bond acceptors (Lipinski definition) is 4. The van der Waals surface area contributed by atoms with Gasteiger partial charge in [-0.3, -0.25) is 4.99 Å². The van der Waals surface area contributed by atoms with E-state index in [1.165, 1.54) is 16.7 Å². The highest BCUT2D eigenvalue weighted by molar-refractivity contribution is 5.68. The smallest absolute Gasteiger partial charge is 0.115 e. The molecule has 0 radical (unpaired) electrons. The van der Waals surface area contributed by atoms with Crippen molar-refractivity contribution in [1.29, 1.82) is 0 Å². The summed E-state index contributed by atoms with van der Waals surface area (Å²) in [5.74, 6) is 0. The van der Waals surface area contributed by atoms with E-state index in [0.717, 1.165) is 31.4 Å². The molecular formula is C16H16N4. The van der Waals surface area contributed by atoms with Crippen LogP contribution in [0.2, 0.25) is 0 Å². The summed E-state index contributed by atoms with van der Waals surface area (Å²) in [6, 6.07) is 6.55. The van der Waals surface area contributed by atoms with Gasteiger partial charge in [0.2, 0.25) is 0 Å². The molecule has 0 bridgehead atoms. The monoisotopic (exact) mass is 264 g/mol. The van der Waals surface area contributed by atoms with Crippen LogP contribution in [0.1, 0.15) is 17.5 Å². The highest BCUT2D eigenvalue weighted by Crippen LogP contribution is 2.35. The van der Waals surface area contributed by atoms with E-state index < -0.39 is 0 Å². The summed E-state index contributed by atoms with van der Waals surface area (Å²) < 4.78 is 0. The zero-order valence-corrected chi connectivity index (χ0v) is 11.2. The lowest BCUT2D eigenvalue weighted by Crippen LogP contribution is -2.47. The minimum Gasteiger partial charge on any atom is -0.369 e. The number of rotatable bonds is 1. The average molecular weight is 264 g/mol. The first kappa shape index (κ1) is 11.6. The Morgan fingerprint density at radius 2 is 2.05 bits per heavy atom. The largest absolute Gasteiger partial charge is 0.369 e. The van der Waals surface area contributed by atoms with Crippen molar-refractivity contribution in [2.75, 3.05) is 6.54 Å². The van der Waals surface area contributed by atoms with E-state index in [1.54, 1.807) is 6.33 Å². The van der Waals surface area contributed by atoms with Crippen molar-refractivity contribution < 1.29 is 0 Å². The maximum atomic E-state index is 4.36. The van der Waals surface area contributed by atoms with Gasteiger partial charge in [-0.1, -0.05) is 18.2 Å². The molecule has 1 spiro atoms. The Morgan fingerprint density at radius 3 is 2.85 bits per heavy atom. The van der Waals surface area contributed by atoms with Crippen molar-refractivity contribution >= 4 is 6.34 Å². The Kier molecular flexibility index (Phi) is 2.55. The predicted octanol–water partition coefficient (Wildman–Crippen LogP) is 2.00. The maximum absolute atomic E-state index is 4.36. The van der Waals surface area contributed by atoms with Gasteiger partial charge in [0.05, 0.1) is 18.4 Å². The van der Waals surface area contributed by atoms with Gasteiger partial charge in [0.1, 0.15) is 6.33 Å². The fourth-order valence-corrected chi connectivity index (χ4v) is 3.33. The van der Waals surface area contributed by atoms with Crippen molar-refractivity contribution in [2.24, 2.45) is 4.99 Å². The third-order valence-corrected chi connectivity index (χ3v) is 4.38. The van der Waals surface area contributed by atoms with E-state index in [2.05, 4.69) is 38.5 Å². The number of aliphatic imine (C=N–C) groups is 1. The first-order chi connectivity index (χ1) is 9.86. The van der Waals surface area contributed by atoms with Crippen LogP contribution in [0.4, 0.5) is 0 Å². The van der Waals surface area contributed by atoms with E-state index in [1.807, 2.05) is 18.7 Å². The average Bonchev–Trinajstić information content (AvgIpc) is 2.95. The molecule has 100 valence electrons. The van der Waals surface area contributed by atoms with Crippen LogP contribution < -0.4 is 5.32 Å². The lowest BCUT2D eigenvalue weighted by atomic mass is 9.76. The highest BCUT2D eigenvalue weighted by Gasteiger charge is 2.36. The van der Waals surface area contributed by atoms with E-state index in [4.69, 9.17) is 0 Å². The SMILES string of the molecule is C1=NC[C@@]2(CCc3c(cccc3-c3cncnc3)C2)N1. The van der Waals surface area contributed by atoms with Crippen LogP contribution in [0, 0.1) is 0 Å². The predicted molar refractivity (Wildman–Crippen MR) is 78.7 cm³/mol. The molecule has 1 aliphatic heterocycles. The summed E-state index contributed by atoms with van der Waals surface area (Å²) in [4.78, 5) is 12.6. The third-order valence-electron chi connectivity index (χ3n) is 4.38. The summed E-state index contributed by atoms with van der Waals surface area (Å²) in [5.41, 5.74) is 5.41. The Labute approximate surface area is 118 Å². The van der Waals surface area contributed by atoms with Crippen molar-refractivity contribution in [1.82, 2.24) is 15.3 Å². The molecule has 2 heterocycles. The molecule has 1 aromatic carbocycles. The van der Waals surface area contributed by atoms with Gasteiger partial charge >= 0.3 is 0 Å². The quantitative estimate of drug-likeness (QED) is 0.857. The molecule has 1 atom stereocenters. The van der Waals surface area contributed by atoms with E-state index in [0.29, 0.717) is 0 Å². The Hall–Kier alpha value is -2.23. The van der Waals surface area contributed by atoms with Gasteiger partial charge in [-0.15, -0.1) is 0 Å². The second kappa shape index (κ2) is 4.40. The van der Waals surface area contributed by atoms with E-state index in [-0.39, 0.29) is 5.54 Å². The van der Waals surface area contributed by atoms with Crippen molar-refractivity contribution in [3.05, 3.63) is 48.0 Å². The van der Waals surface area contributed by atoms with Gasteiger partial charge in [0, 0.05) is 18.0 Å². The molecule has 4 heteroatoms. The van der Waals surface area contributed by atoms with Crippen molar-refractivity contribution in [2.45, 2.75) is 24.8 Å². The van der Waals surface area contributed by atoms with Crippen LogP contribution >= 0.6 is 0 Å². The Balaban J connectivity index is 1.75. The minimum atomic E-state index is 0.152. The molecule has 0 saturated heterocycles. The molecule has 0 amide bonds. The van der Waals surface area contributed by atoms with E-state index >= 15 is 0 Å². The maximum Gasteiger partial charge on any atom is 0.115 e. The van der Waals surface area contributed by atoms with Gasteiger partial charge in [-0.25, -0.2) is 9.97 Å². The van der Waals surface area contributed by atoms with Crippen LogP contribution in [0.5, 0.6) is 0 Å². The van der Waals surface area contributed by atoms with E-state index in [9.17, 15) is 0 Å². The molecular weight excluding hydrogens is 248 g/mol. The van der Waals surface area contributed by atoms with Gasteiger partial charge in [0.15, 0.2) is 0 Å². The molecule has 2 aliphatic rings. The van der Waals surface area contributed by atoms with Crippen LogP contribution in [-0.2, 0) is 12.8 Å². The summed E-state index contributed by atoms with van der Waals surface area (Å²) in [6.07, 6.45) is 10.5. The van der Waals surface area contributed by atoms with Crippen molar-refractivity contribution in [3.63, 3.8) is 0 Å². The molecule has 1 aromatic heterocycles. The van der Waals surface area contributed by atoms with Gasteiger partial charge in [0.25, 0.3) is 0 Å². The lowest BCUT2D eigenvalue weighted by Gasteiger charge is -2.35. The van der Waals surface area contributed by atoms with Gasteiger partial charge in [-0.2, -0.15) is 0 Å². The van der Waals surface area contributed by atoms with Crippen LogP contribution in [0.3, 0.4) is 0 Å². The summed E-state index contributed by atoms with van der Waals surface area (Å²) in [5, 5.41) is 3.46. The molecule has 4 nitrogen and oxygen atoms in total. The summed E-state index contributed by atoms with van der Waals surface area (Å²) in [6.45, 7) is 0.894. The second-order valence-electron chi connectivity index (χ2n) is 5.64. The molecule has 20 heavy (non-hydrogen) atoms. The summed E-state index contributed by atoms with van der Waals surface area (Å²) in [7, 11) is 0. The van der Waals surface area contributed by atoms with Gasteiger partial charge < -0.3 is 5.32 Å². The molecule has 0 unspecified atom stereocenters. The number of aromatic nitrogens is 2. The number of nitrogens with one attached hydrogen (secondary N) is 1. The molecule has 1 aliphatic carbocycles. The standard InChI is InChI=1S/C16H16N4/c1-2-12-6-16(9-19-11-20-16)5-4-15(12)14(3-1)13-7-17-10-18-8-13/h1-3,7-8,10-11H,4-6,9H2,(H,19,20)/t16-/m0/s1. The normalized spacial score (nSPS) is 23.6. The number of fused-ring (bicyclic) bond motifs is 1. The number of benzene rings is 1. The molecule has 1 N–H and O–H groups in total. The molecule has 0 fully saturated rings. The lowest BCUT2D eigenvalue weighted by molar-refractivity contribution is 0.364. The molecule has 2 aromatic rings. The van der Waals surface area contributed by atoms with Crippen molar-refractivity contribution in [3.8, 4) is 11.1 Å². The Morgan fingerprint density at radius 1 is 1.15 bits per heavy atom. The second-order valence-corrected chi connectivity index (χ2v) is 5.64.